The van der Waals surface area contributed by atoms with Gasteiger partial charge in [0.15, 0.2) is 0 Å². The van der Waals surface area contributed by atoms with Gasteiger partial charge in [0.25, 0.3) is 5.91 Å². The number of fused-ring (bicyclic) bond motifs is 1. The number of nitrogens with zero attached hydrogens (tertiary/aromatic N) is 3. The lowest BCUT2D eigenvalue weighted by atomic mass is 10.1. The molecule has 6 heteroatoms. The molecule has 6 nitrogen and oxygen atoms in total. The third-order valence-electron chi connectivity index (χ3n) is 5.59. The van der Waals surface area contributed by atoms with Gasteiger partial charge in [0, 0.05) is 16.9 Å². The highest BCUT2D eigenvalue weighted by Gasteiger charge is 2.19. The Morgan fingerprint density at radius 1 is 0.938 bits per heavy atom. The molecule has 1 amide bonds. The highest BCUT2D eigenvalue weighted by molar-refractivity contribution is 6.06. The van der Waals surface area contributed by atoms with Gasteiger partial charge in [-0.2, -0.15) is 5.10 Å². The van der Waals surface area contributed by atoms with Gasteiger partial charge in [-0.15, -0.1) is 0 Å². The summed E-state index contributed by atoms with van der Waals surface area (Å²) in [6, 6.07) is 25.7. The van der Waals surface area contributed by atoms with Crippen LogP contribution in [0.1, 0.15) is 27.3 Å². The minimum Gasteiger partial charge on any atom is -0.338 e. The van der Waals surface area contributed by atoms with Gasteiger partial charge < -0.3 is 10.3 Å². The number of anilines is 1. The summed E-state index contributed by atoms with van der Waals surface area (Å²) >= 11 is 0. The minimum atomic E-state index is -0.157. The Bertz CT molecular complexity index is 1360. The van der Waals surface area contributed by atoms with Crippen molar-refractivity contribution in [3.63, 3.8) is 0 Å². The monoisotopic (exact) mass is 421 g/mol. The van der Waals surface area contributed by atoms with E-state index in [1.54, 1.807) is 0 Å². The second kappa shape index (κ2) is 8.15. The summed E-state index contributed by atoms with van der Waals surface area (Å²) in [5, 5.41) is 7.59. The van der Waals surface area contributed by atoms with E-state index in [4.69, 9.17) is 0 Å². The van der Waals surface area contributed by atoms with Crippen LogP contribution in [0.2, 0.25) is 0 Å². The van der Waals surface area contributed by atoms with E-state index in [-0.39, 0.29) is 5.91 Å². The quantitative estimate of drug-likeness (QED) is 0.402. The number of benzene rings is 3. The van der Waals surface area contributed by atoms with Crippen molar-refractivity contribution in [2.75, 3.05) is 5.32 Å². The van der Waals surface area contributed by atoms with Crippen LogP contribution >= 0.6 is 0 Å². The van der Waals surface area contributed by atoms with E-state index in [1.165, 1.54) is 0 Å². The predicted molar refractivity (Wildman–Crippen MR) is 127 cm³/mol. The molecule has 0 fully saturated rings. The molecule has 0 aliphatic heterocycles. The molecule has 0 atom stereocenters. The first-order valence-electron chi connectivity index (χ1n) is 10.5. The van der Waals surface area contributed by atoms with Crippen molar-refractivity contribution in [1.82, 2.24) is 19.7 Å². The zero-order valence-corrected chi connectivity index (χ0v) is 18.0. The number of rotatable bonds is 5. The smallest absolute Gasteiger partial charge is 0.259 e. The van der Waals surface area contributed by atoms with Gasteiger partial charge in [-0.3, -0.25) is 9.48 Å². The molecular weight excluding hydrogens is 398 g/mol. The molecule has 0 aliphatic rings. The van der Waals surface area contributed by atoms with E-state index in [2.05, 4.69) is 32.5 Å². The maximum absolute atomic E-state index is 13.0. The number of aryl methyl sites for hydroxylation is 1. The average molecular weight is 422 g/mol. The highest BCUT2D eigenvalue weighted by Crippen LogP contribution is 2.23. The van der Waals surface area contributed by atoms with Crippen LogP contribution in [0.3, 0.4) is 0 Å². The largest absolute Gasteiger partial charge is 0.338 e. The van der Waals surface area contributed by atoms with Gasteiger partial charge in [-0.1, -0.05) is 42.5 Å². The number of hydrogen-bond donors (Lipinski definition) is 2. The third kappa shape index (κ3) is 3.78. The Morgan fingerprint density at radius 3 is 2.41 bits per heavy atom. The Morgan fingerprint density at radius 2 is 1.66 bits per heavy atom. The first-order valence-corrected chi connectivity index (χ1v) is 10.5. The number of imidazole rings is 1. The zero-order chi connectivity index (χ0) is 22.1. The highest BCUT2D eigenvalue weighted by atomic mass is 16.1. The lowest BCUT2D eigenvalue weighted by molar-refractivity contribution is 0.102. The molecule has 0 radical (unpaired) electrons. The van der Waals surface area contributed by atoms with E-state index in [9.17, 15) is 4.79 Å². The molecule has 5 aromatic rings. The summed E-state index contributed by atoms with van der Waals surface area (Å²) in [7, 11) is 0. The lowest BCUT2D eigenvalue weighted by Gasteiger charge is -2.08. The minimum absolute atomic E-state index is 0.157. The van der Waals surface area contributed by atoms with Crippen molar-refractivity contribution in [2.24, 2.45) is 0 Å². The molecule has 0 unspecified atom stereocenters. The van der Waals surface area contributed by atoms with Gasteiger partial charge >= 0.3 is 0 Å². The Hall–Kier alpha value is -4.19. The summed E-state index contributed by atoms with van der Waals surface area (Å²) in [4.78, 5) is 21.0. The van der Waals surface area contributed by atoms with Gasteiger partial charge in [-0.25, -0.2) is 4.98 Å². The summed E-state index contributed by atoms with van der Waals surface area (Å²) in [5.74, 6) is 0.647. The number of aromatic amines is 1. The van der Waals surface area contributed by atoms with Crippen LogP contribution in [0.15, 0.2) is 78.9 Å². The number of para-hydroxylation sites is 2. The predicted octanol–water partition coefficient (Wildman–Crippen LogP) is 5.34. The van der Waals surface area contributed by atoms with E-state index >= 15 is 0 Å². The molecule has 3 aromatic carbocycles. The van der Waals surface area contributed by atoms with Crippen LogP contribution in [0.25, 0.3) is 22.4 Å². The van der Waals surface area contributed by atoms with E-state index < -0.39 is 0 Å². The summed E-state index contributed by atoms with van der Waals surface area (Å²) in [5.41, 5.74) is 6.94. The van der Waals surface area contributed by atoms with Crippen LogP contribution in [0.5, 0.6) is 0 Å². The molecule has 0 bridgehead atoms. The van der Waals surface area contributed by atoms with Crippen molar-refractivity contribution in [3.8, 4) is 11.4 Å². The molecule has 2 heterocycles. The zero-order valence-electron chi connectivity index (χ0n) is 18.0. The molecule has 0 spiro atoms. The van der Waals surface area contributed by atoms with Crippen LogP contribution in [-0.4, -0.2) is 25.7 Å². The van der Waals surface area contributed by atoms with Crippen LogP contribution in [-0.2, 0) is 6.54 Å². The lowest BCUT2D eigenvalue weighted by Crippen LogP contribution is -2.14. The summed E-state index contributed by atoms with van der Waals surface area (Å²) in [6.45, 7) is 4.43. The van der Waals surface area contributed by atoms with E-state index in [0.717, 1.165) is 45.1 Å². The first-order chi connectivity index (χ1) is 15.6. The average Bonchev–Trinajstić information content (AvgIpc) is 3.35. The molecular formula is C26H23N5O. The molecule has 2 N–H and O–H groups in total. The fraction of sp³-hybridized carbons (Fsp3) is 0.115. The number of aromatic nitrogens is 4. The Balaban J connectivity index is 1.34. The van der Waals surface area contributed by atoms with Gasteiger partial charge in [0.1, 0.15) is 5.82 Å². The van der Waals surface area contributed by atoms with E-state index in [1.807, 2.05) is 85.3 Å². The standard InChI is InChI=1S/C26H23N5O/c1-17-24(18(2)31(30-17)16-19-8-4-3-5-9-19)26(32)27-21-14-12-20(13-15-21)25-28-22-10-6-7-11-23(22)29-25/h3-15H,16H2,1-2H3,(H,27,32)(H,28,29). The molecule has 158 valence electrons. The van der Waals surface area contributed by atoms with Gasteiger partial charge in [-0.05, 0) is 55.8 Å². The second-order valence-electron chi connectivity index (χ2n) is 7.82. The number of carbonyl (C=O) groups excluding carboxylic acids is 1. The molecule has 0 aliphatic carbocycles. The number of carbonyl (C=O) groups is 1. The van der Waals surface area contributed by atoms with Crippen molar-refractivity contribution in [2.45, 2.75) is 20.4 Å². The molecule has 0 saturated heterocycles. The SMILES string of the molecule is Cc1nn(Cc2ccccc2)c(C)c1C(=O)Nc1ccc(-c2nc3ccccc3[nH]2)cc1. The van der Waals surface area contributed by atoms with Crippen molar-refractivity contribution in [3.05, 3.63) is 101 Å². The summed E-state index contributed by atoms with van der Waals surface area (Å²) < 4.78 is 1.88. The maximum Gasteiger partial charge on any atom is 0.259 e. The number of nitrogens with one attached hydrogen (secondary N) is 2. The number of amides is 1. The van der Waals surface area contributed by atoms with Crippen LogP contribution in [0.4, 0.5) is 5.69 Å². The normalized spacial score (nSPS) is 11.1. The van der Waals surface area contributed by atoms with Crippen LogP contribution in [0, 0.1) is 13.8 Å². The molecule has 32 heavy (non-hydrogen) atoms. The van der Waals surface area contributed by atoms with Gasteiger partial charge in [0.05, 0.1) is 28.8 Å². The Labute approximate surface area is 185 Å². The van der Waals surface area contributed by atoms with Crippen molar-refractivity contribution < 1.29 is 4.79 Å². The number of hydrogen-bond acceptors (Lipinski definition) is 3. The second-order valence-corrected chi connectivity index (χ2v) is 7.82. The topological polar surface area (TPSA) is 75.6 Å². The molecule has 0 saturated carbocycles. The fourth-order valence-corrected chi connectivity index (χ4v) is 3.93. The maximum atomic E-state index is 13.0. The third-order valence-corrected chi connectivity index (χ3v) is 5.59. The molecule has 5 rings (SSSR count). The van der Waals surface area contributed by atoms with Gasteiger partial charge in [0.2, 0.25) is 0 Å². The number of H-pyrrole nitrogens is 1. The molecule has 2 aromatic heterocycles. The van der Waals surface area contributed by atoms with Crippen molar-refractivity contribution >= 4 is 22.6 Å². The fourth-order valence-electron chi connectivity index (χ4n) is 3.93. The van der Waals surface area contributed by atoms with Crippen LogP contribution < -0.4 is 5.32 Å². The first kappa shape index (κ1) is 19.8. The van der Waals surface area contributed by atoms with Crippen molar-refractivity contribution in [1.29, 1.82) is 0 Å². The van der Waals surface area contributed by atoms with E-state index in [0.29, 0.717) is 12.1 Å². The summed E-state index contributed by atoms with van der Waals surface area (Å²) in [6.07, 6.45) is 0. The Kier molecular flexibility index (Phi) is 5.03.